The molecule has 0 aromatic heterocycles. The maximum Gasteiger partial charge on any atom is 0.344 e. The van der Waals surface area contributed by atoms with Gasteiger partial charge in [0.2, 0.25) is 0 Å². The molecule has 0 aliphatic heterocycles. The van der Waals surface area contributed by atoms with Gasteiger partial charge in [0.25, 0.3) is 0 Å². The van der Waals surface area contributed by atoms with Gasteiger partial charge < -0.3 is 19.6 Å². The van der Waals surface area contributed by atoms with Crippen molar-refractivity contribution in [2.75, 3.05) is 0 Å². The van der Waals surface area contributed by atoms with Gasteiger partial charge in [-0.15, -0.1) is 6.58 Å². The first kappa shape index (κ1) is 11.1. The van der Waals surface area contributed by atoms with Gasteiger partial charge in [-0.2, -0.15) is 0 Å². The standard InChI is InChI=1S/C5H10O6P2/c1-2-4-3-5(4,12(6,7)8)13(9,10)11/h2,4H,1,3H2,(H2,6,7,8)(H2,9,10,11). The third-order valence-corrected chi connectivity index (χ3v) is 6.86. The minimum Gasteiger partial charge on any atom is -0.324 e. The summed E-state index contributed by atoms with van der Waals surface area (Å²) in [7, 11) is -9.57. The van der Waals surface area contributed by atoms with Gasteiger partial charge in [0.1, 0.15) is 0 Å². The van der Waals surface area contributed by atoms with Gasteiger partial charge in [0, 0.05) is 5.92 Å². The van der Waals surface area contributed by atoms with Gasteiger partial charge in [-0.05, 0) is 6.42 Å². The van der Waals surface area contributed by atoms with Crippen LogP contribution in [0.15, 0.2) is 12.7 Å². The molecule has 1 aliphatic rings. The first-order chi connectivity index (χ1) is 5.67. The van der Waals surface area contributed by atoms with E-state index in [0.717, 1.165) is 6.08 Å². The molecular weight excluding hydrogens is 218 g/mol. The quantitative estimate of drug-likeness (QED) is 0.406. The van der Waals surface area contributed by atoms with E-state index in [9.17, 15) is 9.13 Å². The zero-order valence-corrected chi connectivity index (χ0v) is 8.36. The summed E-state index contributed by atoms with van der Waals surface area (Å²) in [5.41, 5.74) is 0. The molecular formula is C5H10O6P2. The lowest BCUT2D eigenvalue weighted by Crippen LogP contribution is -2.12. The van der Waals surface area contributed by atoms with Crippen molar-refractivity contribution >= 4 is 15.2 Å². The van der Waals surface area contributed by atoms with Crippen molar-refractivity contribution in [2.24, 2.45) is 5.92 Å². The molecule has 8 heteroatoms. The van der Waals surface area contributed by atoms with Crippen LogP contribution in [0, 0.1) is 5.92 Å². The van der Waals surface area contributed by atoms with E-state index < -0.39 is 26.0 Å². The zero-order valence-electron chi connectivity index (χ0n) is 6.57. The Kier molecular flexibility index (Phi) is 2.36. The third kappa shape index (κ3) is 1.44. The van der Waals surface area contributed by atoms with E-state index in [1.165, 1.54) is 0 Å². The van der Waals surface area contributed by atoms with Gasteiger partial charge in [-0.3, -0.25) is 9.13 Å². The lowest BCUT2D eigenvalue weighted by molar-refractivity contribution is 0.332. The zero-order chi connectivity index (χ0) is 10.5. The predicted molar refractivity (Wildman–Crippen MR) is 45.1 cm³/mol. The topological polar surface area (TPSA) is 115 Å². The van der Waals surface area contributed by atoms with Crippen LogP contribution in [0.4, 0.5) is 0 Å². The van der Waals surface area contributed by atoms with Crippen LogP contribution >= 0.6 is 15.2 Å². The molecule has 0 amide bonds. The largest absolute Gasteiger partial charge is 0.344 e. The summed E-state index contributed by atoms with van der Waals surface area (Å²) in [6.07, 6.45) is 0.962. The van der Waals surface area contributed by atoms with Gasteiger partial charge >= 0.3 is 15.2 Å². The molecule has 1 atom stereocenters. The third-order valence-electron chi connectivity index (χ3n) is 2.25. The minimum atomic E-state index is -4.79. The molecule has 0 radical (unpaired) electrons. The van der Waals surface area contributed by atoms with E-state index in [-0.39, 0.29) is 6.42 Å². The molecule has 0 spiro atoms. The average Bonchev–Trinajstić information content (AvgIpc) is 2.57. The molecule has 1 rings (SSSR count). The number of hydrogen-bond donors (Lipinski definition) is 4. The molecule has 1 saturated carbocycles. The number of rotatable bonds is 3. The Bertz CT molecular complexity index is 302. The van der Waals surface area contributed by atoms with E-state index in [4.69, 9.17) is 19.6 Å². The van der Waals surface area contributed by atoms with E-state index in [1.807, 2.05) is 0 Å². The number of hydrogen-bond acceptors (Lipinski definition) is 2. The van der Waals surface area contributed by atoms with Crippen molar-refractivity contribution in [2.45, 2.75) is 11.3 Å². The van der Waals surface area contributed by atoms with Crippen LogP contribution < -0.4 is 0 Å². The van der Waals surface area contributed by atoms with Gasteiger partial charge in [-0.25, -0.2) is 0 Å². The van der Waals surface area contributed by atoms with Gasteiger partial charge in [0.05, 0.1) is 0 Å². The van der Waals surface area contributed by atoms with Crippen LogP contribution in [0.3, 0.4) is 0 Å². The summed E-state index contributed by atoms with van der Waals surface area (Å²) in [6.45, 7) is 3.26. The molecule has 1 aliphatic carbocycles. The van der Waals surface area contributed by atoms with Gasteiger partial charge in [-0.1, -0.05) is 6.08 Å². The Hall–Kier alpha value is 0.0400. The number of allylic oxidation sites excluding steroid dienone is 1. The lowest BCUT2D eigenvalue weighted by atomic mass is 10.4. The normalized spacial score (nSPS) is 26.9. The summed E-state index contributed by atoms with van der Waals surface area (Å²) in [5.74, 6) is -0.797. The summed E-state index contributed by atoms with van der Waals surface area (Å²) >= 11 is 0. The Morgan fingerprint density at radius 1 is 1.23 bits per heavy atom. The van der Waals surface area contributed by atoms with Crippen molar-refractivity contribution < 1.29 is 28.7 Å². The first-order valence-electron chi connectivity index (χ1n) is 3.40. The van der Waals surface area contributed by atoms with Crippen LogP contribution in [-0.4, -0.2) is 24.5 Å². The summed E-state index contributed by atoms with van der Waals surface area (Å²) < 4.78 is 21.8. The highest BCUT2D eigenvalue weighted by molar-refractivity contribution is 7.73. The van der Waals surface area contributed by atoms with Crippen LogP contribution in [0.5, 0.6) is 0 Å². The predicted octanol–water partition coefficient (Wildman–Crippen LogP) is 0.244. The summed E-state index contributed by atoms with van der Waals surface area (Å²) in [4.78, 5) is 33.1. The molecule has 13 heavy (non-hydrogen) atoms. The molecule has 0 heterocycles. The van der Waals surface area contributed by atoms with Gasteiger partial charge in [0.15, 0.2) is 4.90 Å². The Morgan fingerprint density at radius 3 is 1.69 bits per heavy atom. The van der Waals surface area contributed by atoms with Crippen LogP contribution in [-0.2, 0) is 9.13 Å². The Labute approximate surface area is 74.6 Å². The van der Waals surface area contributed by atoms with E-state index in [2.05, 4.69) is 6.58 Å². The van der Waals surface area contributed by atoms with Crippen LogP contribution in [0.1, 0.15) is 6.42 Å². The minimum absolute atomic E-state index is 0.203. The molecule has 4 N–H and O–H groups in total. The first-order valence-corrected chi connectivity index (χ1v) is 6.63. The average molecular weight is 228 g/mol. The highest BCUT2D eigenvalue weighted by Gasteiger charge is 2.75. The second-order valence-corrected chi connectivity index (χ2v) is 7.14. The molecule has 6 nitrogen and oxygen atoms in total. The second kappa shape index (κ2) is 2.76. The van der Waals surface area contributed by atoms with E-state index >= 15 is 0 Å². The highest BCUT2D eigenvalue weighted by Crippen LogP contribution is 2.83. The molecule has 76 valence electrons. The summed E-state index contributed by atoms with van der Waals surface area (Å²) in [5, 5.41) is 0. The van der Waals surface area contributed by atoms with Crippen molar-refractivity contribution in [3.05, 3.63) is 12.7 Å². The van der Waals surface area contributed by atoms with Crippen molar-refractivity contribution in [1.29, 1.82) is 0 Å². The monoisotopic (exact) mass is 228 g/mol. The fraction of sp³-hybridized carbons (Fsp3) is 0.600. The highest BCUT2D eigenvalue weighted by atomic mass is 31.2. The van der Waals surface area contributed by atoms with Crippen molar-refractivity contribution in [3.63, 3.8) is 0 Å². The SMILES string of the molecule is C=CC1CC1(P(=O)(O)O)P(=O)(O)O. The summed E-state index contributed by atoms with van der Waals surface area (Å²) in [6, 6.07) is 0. The molecule has 0 saturated heterocycles. The molecule has 0 aromatic carbocycles. The second-order valence-electron chi connectivity index (χ2n) is 3.01. The van der Waals surface area contributed by atoms with E-state index in [0.29, 0.717) is 0 Å². The van der Waals surface area contributed by atoms with E-state index in [1.54, 1.807) is 0 Å². The molecule has 1 unspecified atom stereocenters. The molecule has 0 bridgehead atoms. The fourth-order valence-electron chi connectivity index (χ4n) is 1.38. The maximum absolute atomic E-state index is 10.9. The lowest BCUT2D eigenvalue weighted by Gasteiger charge is -2.19. The fourth-order valence-corrected chi connectivity index (χ4v) is 4.68. The molecule has 1 fully saturated rings. The smallest absolute Gasteiger partial charge is 0.324 e. The van der Waals surface area contributed by atoms with Crippen molar-refractivity contribution in [3.8, 4) is 0 Å². The Morgan fingerprint density at radius 2 is 1.62 bits per heavy atom. The molecule has 0 aromatic rings. The Balaban J connectivity index is 3.17. The van der Waals surface area contributed by atoms with Crippen LogP contribution in [0.2, 0.25) is 0 Å². The van der Waals surface area contributed by atoms with Crippen LogP contribution in [0.25, 0.3) is 0 Å². The maximum atomic E-state index is 10.9. The van der Waals surface area contributed by atoms with Crippen molar-refractivity contribution in [1.82, 2.24) is 0 Å².